The van der Waals surface area contributed by atoms with Crippen LogP contribution in [0, 0.1) is 11.6 Å². The van der Waals surface area contributed by atoms with Crippen LogP contribution in [0.1, 0.15) is 53.3 Å². The summed E-state index contributed by atoms with van der Waals surface area (Å²) in [4.78, 5) is 31.0. The van der Waals surface area contributed by atoms with Gasteiger partial charge in [-0.05, 0) is 74.6 Å². The van der Waals surface area contributed by atoms with Crippen molar-refractivity contribution in [2.24, 2.45) is 0 Å². The van der Waals surface area contributed by atoms with Crippen molar-refractivity contribution >= 4 is 11.9 Å². The molecule has 4 rings (SSSR count). The first-order valence-electron chi connectivity index (χ1n) is 11.4. The summed E-state index contributed by atoms with van der Waals surface area (Å²) < 4.78 is 44.0. The Morgan fingerprint density at radius 1 is 0.886 bits per heavy atom. The SMILES string of the molecule is CCOC(=O)c1c(OC2CCCC2)nc(-c2ccc(F)cc2)c(C(=O)OC)c1-c1ccc(F)cc1. The second-order valence-corrected chi connectivity index (χ2v) is 8.14. The van der Waals surface area contributed by atoms with Crippen LogP contribution in [0.25, 0.3) is 22.4 Å². The van der Waals surface area contributed by atoms with Crippen LogP contribution in [0.3, 0.4) is 0 Å². The number of hydrogen-bond acceptors (Lipinski definition) is 6. The molecule has 35 heavy (non-hydrogen) atoms. The molecule has 2 aromatic carbocycles. The summed E-state index contributed by atoms with van der Waals surface area (Å²) >= 11 is 0. The number of halogens is 2. The molecule has 1 saturated carbocycles. The Hall–Kier alpha value is -3.81. The molecular formula is C27H25F2NO5. The summed E-state index contributed by atoms with van der Waals surface area (Å²) in [5, 5.41) is 0. The molecule has 1 aromatic heterocycles. The number of carbonyl (C=O) groups is 2. The van der Waals surface area contributed by atoms with E-state index in [4.69, 9.17) is 14.2 Å². The van der Waals surface area contributed by atoms with Crippen molar-refractivity contribution in [3.05, 3.63) is 71.3 Å². The highest BCUT2D eigenvalue weighted by molar-refractivity contribution is 6.10. The van der Waals surface area contributed by atoms with E-state index in [2.05, 4.69) is 4.98 Å². The predicted molar refractivity (Wildman–Crippen MR) is 125 cm³/mol. The van der Waals surface area contributed by atoms with E-state index in [1.807, 2.05) is 0 Å². The number of carbonyl (C=O) groups excluding carboxylic acids is 2. The van der Waals surface area contributed by atoms with Gasteiger partial charge in [-0.15, -0.1) is 0 Å². The first kappa shape index (κ1) is 24.3. The molecule has 0 N–H and O–H groups in total. The molecule has 0 spiro atoms. The van der Waals surface area contributed by atoms with Crippen molar-refractivity contribution in [3.63, 3.8) is 0 Å². The van der Waals surface area contributed by atoms with Gasteiger partial charge in [0.05, 0.1) is 25.0 Å². The number of rotatable bonds is 7. The molecule has 0 saturated heterocycles. The molecule has 6 nitrogen and oxygen atoms in total. The number of benzene rings is 2. The zero-order valence-electron chi connectivity index (χ0n) is 19.5. The van der Waals surface area contributed by atoms with Gasteiger partial charge in [0.25, 0.3) is 0 Å². The van der Waals surface area contributed by atoms with Gasteiger partial charge in [-0.25, -0.2) is 23.4 Å². The standard InChI is InChI=1S/C27H25F2NO5/c1-3-34-27(32)23-21(16-8-12-18(28)13-9-16)22(26(31)33-2)24(17-10-14-19(29)15-11-17)30-25(23)35-20-6-4-5-7-20/h8-15,20H,3-7H2,1-2H3. The third-order valence-electron chi connectivity index (χ3n) is 5.86. The molecule has 0 radical (unpaired) electrons. The van der Waals surface area contributed by atoms with E-state index < -0.39 is 23.6 Å². The first-order valence-corrected chi connectivity index (χ1v) is 11.4. The molecule has 1 heterocycles. The molecule has 3 aromatic rings. The van der Waals surface area contributed by atoms with Crippen LogP contribution < -0.4 is 4.74 Å². The van der Waals surface area contributed by atoms with E-state index in [0.29, 0.717) is 11.1 Å². The molecule has 1 aliphatic rings. The van der Waals surface area contributed by atoms with Gasteiger partial charge in [0.2, 0.25) is 5.88 Å². The lowest BCUT2D eigenvalue weighted by molar-refractivity contribution is 0.0518. The van der Waals surface area contributed by atoms with Crippen LogP contribution in [0.15, 0.2) is 48.5 Å². The lowest BCUT2D eigenvalue weighted by atomic mass is 9.91. The lowest BCUT2D eigenvalue weighted by Crippen LogP contribution is -2.20. The van der Waals surface area contributed by atoms with Gasteiger partial charge in [0.15, 0.2) is 0 Å². The van der Waals surface area contributed by atoms with Crippen LogP contribution in [0.2, 0.25) is 0 Å². The van der Waals surface area contributed by atoms with Gasteiger partial charge < -0.3 is 14.2 Å². The number of hydrogen-bond donors (Lipinski definition) is 0. The van der Waals surface area contributed by atoms with E-state index in [0.717, 1.165) is 25.7 Å². The van der Waals surface area contributed by atoms with Crippen molar-refractivity contribution in [1.82, 2.24) is 4.98 Å². The molecule has 1 fully saturated rings. The highest BCUT2D eigenvalue weighted by Crippen LogP contribution is 2.40. The highest BCUT2D eigenvalue weighted by atomic mass is 19.1. The van der Waals surface area contributed by atoms with Crippen LogP contribution in [0.4, 0.5) is 8.78 Å². The summed E-state index contributed by atoms with van der Waals surface area (Å²) in [6, 6.07) is 10.8. The van der Waals surface area contributed by atoms with Gasteiger partial charge in [-0.1, -0.05) is 12.1 Å². The van der Waals surface area contributed by atoms with E-state index in [-0.39, 0.29) is 41.0 Å². The Kier molecular flexibility index (Phi) is 7.39. The smallest absolute Gasteiger partial charge is 0.344 e. The molecule has 0 aliphatic heterocycles. The van der Waals surface area contributed by atoms with E-state index in [9.17, 15) is 18.4 Å². The zero-order valence-corrected chi connectivity index (χ0v) is 19.5. The van der Waals surface area contributed by atoms with Crippen molar-refractivity contribution in [1.29, 1.82) is 0 Å². The van der Waals surface area contributed by atoms with Gasteiger partial charge in [0.1, 0.15) is 23.3 Å². The molecular weight excluding hydrogens is 456 g/mol. The summed E-state index contributed by atoms with van der Waals surface area (Å²) in [6.45, 7) is 1.74. The fourth-order valence-corrected chi connectivity index (χ4v) is 4.23. The Bertz CT molecular complexity index is 1220. The number of aromatic nitrogens is 1. The van der Waals surface area contributed by atoms with Gasteiger partial charge in [-0.2, -0.15) is 0 Å². The molecule has 0 bridgehead atoms. The fourth-order valence-electron chi connectivity index (χ4n) is 4.23. The number of methoxy groups -OCH3 is 1. The van der Waals surface area contributed by atoms with Crippen molar-refractivity contribution in [3.8, 4) is 28.3 Å². The molecule has 182 valence electrons. The summed E-state index contributed by atoms with van der Waals surface area (Å²) in [7, 11) is 1.21. The molecule has 1 aliphatic carbocycles. The van der Waals surface area contributed by atoms with Crippen LogP contribution >= 0.6 is 0 Å². The third-order valence-corrected chi connectivity index (χ3v) is 5.86. The Morgan fingerprint density at radius 2 is 1.46 bits per heavy atom. The minimum absolute atomic E-state index is 0.00153. The van der Waals surface area contributed by atoms with E-state index in [1.54, 1.807) is 6.92 Å². The molecule has 0 unspecified atom stereocenters. The Balaban J connectivity index is 2.08. The molecule has 0 amide bonds. The zero-order chi connectivity index (χ0) is 24.9. The Morgan fingerprint density at radius 3 is 2.00 bits per heavy atom. The third kappa shape index (κ3) is 5.16. The van der Waals surface area contributed by atoms with E-state index >= 15 is 0 Å². The minimum Gasteiger partial charge on any atom is -0.474 e. The van der Waals surface area contributed by atoms with Gasteiger partial charge in [-0.3, -0.25) is 0 Å². The topological polar surface area (TPSA) is 74.7 Å². The van der Waals surface area contributed by atoms with E-state index in [1.165, 1.54) is 55.6 Å². The van der Waals surface area contributed by atoms with Crippen molar-refractivity contribution < 1.29 is 32.6 Å². The van der Waals surface area contributed by atoms with Crippen molar-refractivity contribution in [2.45, 2.75) is 38.7 Å². The minimum atomic E-state index is -0.769. The summed E-state index contributed by atoms with van der Waals surface area (Å²) in [5.74, 6) is -2.45. The molecule has 8 heteroatoms. The average Bonchev–Trinajstić information content (AvgIpc) is 3.37. The van der Waals surface area contributed by atoms with Crippen molar-refractivity contribution in [2.75, 3.05) is 13.7 Å². The summed E-state index contributed by atoms with van der Waals surface area (Å²) in [5.41, 5.74) is 1.01. The van der Waals surface area contributed by atoms with Gasteiger partial charge >= 0.3 is 11.9 Å². The number of pyridine rings is 1. The molecule has 0 atom stereocenters. The number of nitrogens with zero attached hydrogens (tertiary/aromatic N) is 1. The number of esters is 2. The van der Waals surface area contributed by atoms with Crippen LogP contribution in [0.5, 0.6) is 5.88 Å². The lowest BCUT2D eigenvalue weighted by Gasteiger charge is -2.22. The second kappa shape index (κ2) is 10.6. The largest absolute Gasteiger partial charge is 0.474 e. The predicted octanol–water partition coefficient (Wildman–Crippen LogP) is 5.98. The quantitative estimate of drug-likeness (QED) is 0.387. The normalized spacial score (nSPS) is 13.5. The average molecular weight is 481 g/mol. The fraction of sp³-hybridized carbons (Fsp3) is 0.296. The maximum atomic E-state index is 13.8. The van der Waals surface area contributed by atoms with Crippen LogP contribution in [-0.4, -0.2) is 36.7 Å². The van der Waals surface area contributed by atoms with Gasteiger partial charge in [0, 0.05) is 11.1 Å². The Labute approximate surface area is 201 Å². The summed E-state index contributed by atoms with van der Waals surface area (Å²) in [6.07, 6.45) is 3.38. The highest BCUT2D eigenvalue weighted by Gasteiger charge is 2.33. The number of ether oxygens (including phenoxy) is 3. The monoisotopic (exact) mass is 481 g/mol. The first-order chi connectivity index (χ1) is 16.9. The maximum absolute atomic E-state index is 13.8. The maximum Gasteiger partial charge on any atom is 0.344 e. The van der Waals surface area contributed by atoms with Crippen LogP contribution in [-0.2, 0) is 9.47 Å². The second-order valence-electron chi connectivity index (χ2n) is 8.14.